The number of nitrogens with zero attached hydrogens (tertiary/aromatic N) is 5. The molecule has 0 saturated carbocycles. The first-order valence-corrected chi connectivity index (χ1v) is 15.6. The van der Waals surface area contributed by atoms with E-state index in [4.69, 9.17) is 39.8 Å². The van der Waals surface area contributed by atoms with Crippen molar-refractivity contribution in [1.82, 2.24) is 20.1 Å². The van der Waals surface area contributed by atoms with E-state index >= 15 is 0 Å². The number of phenols is 1. The SMILES string of the molecule is C=CC(=O)N1CCN(C2=C(C#N)C(O)N(C3=C(C)C=CNC3C(C)C)c3nc(-c4c(O)c(Cl)c(F)c(F)c4Cl)c(Cl)cc32)C[C@H]1C. The number of anilines is 1. The van der Waals surface area contributed by atoms with Gasteiger partial charge < -0.3 is 25.3 Å². The van der Waals surface area contributed by atoms with Crippen LogP contribution in [0.1, 0.15) is 33.3 Å². The minimum absolute atomic E-state index is 0.00745. The third-order valence-corrected chi connectivity index (χ3v) is 9.42. The summed E-state index contributed by atoms with van der Waals surface area (Å²) in [5, 5.41) is 34.9. The smallest absolute Gasteiger partial charge is 0.246 e. The molecular weight excluding hydrogens is 661 g/mol. The number of hydrogen-bond acceptors (Lipinski definition) is 8. The van der Waals surface area contributed by atoms with Crippen molar-refractivity contribution in [2.45, 2.75) is 46.0 Å². The van der Waals surface area contributed by atoms with Crippen LogP contribution in [-0.4, -0.2) is 68.8 Å². The van der Waals surface area contributed by atoms with Gasteiger partial charge in [0.2, 0.25) is 5.91 Å². The lowest BCUT2D eigenvalue weighted by Crippen LogP contribution is -2.54. The van der Waals surface area contributed by atoms with Gasteiger partial charge in [0.15, 0.2) is 17.9 Å². The summed E-state index contributed by atoms with van der Waals surface area (Å²) in [7, 11) is 0. The highest BCUT2D eigenvalue weighted by molar-refractivity contribution is 6.39. The van der Waals surface area contributed by atoms with Crippen LogP contribution in [-0.2, 0) is 4.79 Å². The first-order valence-electron chi connectivity index (χ1n) is 14.4. The van der Waals surface area contributed by atoms with Crippen molar-refractivity contribution in [3.05, 3.63) is 80.1 Å². The maximum atomic E-state index is 14.8. The summed E-state index contributed by atoms with van der Waals surface area (Å²) in [4.78, 5) is 22.2. The Hall–Kier alpha value is -3.82. The van der Waals surface area contributed by atoms with Crippen LogP contribution in [0.2, 0.25) is 15.1 Å². The lowest BCUT2D eigenvalue weighted by molar-refractivity contribution is -0.129. The number of benzene rings is 1. The highest BCUT2D eigenvalue weighted by Crippen LogP contribution is 2.49. The summed E-state index contributed by atoms with van der Waals surface area (Å²) < 4.78 is 29.2. The van der Waals surface area contributed by atoms with Crippen LogP contribution in [0.4, 0.5) is 14.6 Å². The molecule has 2 aromatic rings. The van der Waals surface area contributed by atoms with Crippen LogP contribution in [0, 0.1) is 28.9 Å². The van der Waals surface area contributed by atoms with Gasteiger partial charge in [0.05, 0.1) is 33.0 Å². The number of hydrogen-bond donors (Lipinski definition) is 3. The van der Waals surface area contributed by atoms with Crippen LogP contribution < -0.4 is 10.2 Å². The van der Waals surface area contributed by atoms with E-state index in [-0.39, 0.29) is 46.0 Å². The molecule has 3 atom stereocenters. The molecule has 0 bridgehead atoms. The Bertz CT molecular complexity index is 1760. The van der Waals surface area contributed by atoms with E-state index in [0.717, 1.165) is 5.57 Å². The molecule has 1 aromatic heterocycles. The summed E-state index contributed by atoms with van der Waals surface area (Å²) in [5.74, 6) is -4.01. The Morgan fingerprint density at radius 2 is 1.91 bits per heavy atom. The molecule has 4 heterocycles. The third-order valence-electron chi connectivity index (χ3n) is 8.43. The monoisotopic (exact) mass is 690 g/mol. The Morgan fingerprint density at radius 1 is 1.24 bits per heavy atom. The zero-order valence-electron chi connectivity index (χ0n) is 25.4. The second kappa shape index (κ2) is 12.8. The number of halogens is 5. The normalized spacial score (nSPS) is 21.4. The summed E-state index contributed by atoms with van der Waals surface area (Å²) in [6, 6.07) is 3.05. The number of dihydropyridines is 1. The van der Waals surface area contributed by atoms with Gasteiger partial charge in [0.1, 0.15) is 28.2 Å². The van der Waals surface area contributed by atoms with E-state index < -0.39 is 39.2 Å². The summed E-state index contributed by atoms with van der Waals surface area (Å²) in [5.41, 5.74) is 1.42. The van der Waals surface area contributed by atoms with Crippen molar-refractivity contribution in [3.63, 3.8) is 0 Å². The number of aliphatic hydroxyl groups excluding tert-OH is 1. The second-order valence-corrected chi connectivity index (χ2v) is 12.8. The number of nitriles is 1. The number of amides is 1. The van der Waals surface area contributed by atoms with E-state index in [9.17, 15) is 29.1 Å². The number of carbonyl (C=O) groups excluding carboxylic acids is 1. The van der Waals surface area contributed by atoms with E-state index in [2.05, 4.69) is 18.0 Å². The molecule has 3 aliphatic heterocycles. The number of fused-ring (bicyclic) bond motifs is 1. The number of carbonyl (C=O) groups is 1. The first-order chi connectivity index (χ1) is 21.7. The first kappa shape index (κ1) is 33.5. The van der Waals surface area contributed by atoms with Gasteiger partial charge in [-0.2, -0.15) is 5.26 Å². The number of pyridine rings is 1. The number of aliphatic hydroxyl groups is 1. The molecule has 3 aliphatic rings. The van der Waals surface area contributed by atoms with E-state index in [1.807, 2.05) is 38.7 Å². The molecule has 1 aromatic carbocycles. The number of nitrogens with one attached hydrogen (secondary N) is 1. The fourth-order valence-electron chi connectivity index (χ4n) is 6.20. The van der Waals surface area contributed by atoms with Crippen molar-refractivity contribution in [3.8, 4) is 23.1 Å². The Labute approximate surface area is 280 Å². The molecule has 14 heteroatoms. The van der Waals surface area contributed by atoms with Crippen LogP contribution in [0.3, 0.4) is 0 Å². The number of aromatic nitrogens is 1. The summed E-state index contributed by atoms with van der Waals surface area (Å²) >= 11 is 18.9. The fraction of sp³-hybridized carbons (Fsp3) is 0.344. The Kier molecular flexibility index (Phi) is 9.30. The minimum Gasteiger partial charge on any atom is -0.506 e. The molecule has 0 spiro atoms. The van der Waals surface area contributed by atoms with Gasteiger partial charge >= 0.3 is 0 Å². The predicted octanol–water partition coefficient (Wildman–Crippen LogP) is 6.20. The van der Waals surface area contributed by atoms with Gasteiger partial charge in [0, 0.05) is 36.9 Å². The second-order valence-electron chi connectivity index (χ2n) is 11.6. The number of rotatable bonds is 5. The van der Waals surface area contributed by atoms with Crippen molar-refractivity contribution in [1.29, 1.82) is 5.26 Å². The van der Waals surface area contributed by atoms with Gasteiger partial charge in [-0.1, -0.05) is 55.2 Å². The molecule has 3 N–H and O–H groups in total. The lowest BCUT2D eigenvalue weighted by Gasteiger charge is -2.46. The van der Waals surface area contributed by atoms with Crippen LogP contribution in [0.15, 0.2) is 47.8 Å². The fourth-order valence-corrected chi connectivity index (χ4v) is 6.88. The maximum Gasteiger partial charge on any atom is 0.246 e. The van der Waals surface area contributed by atoms with E-state index in [0.29, 0.717) is 36.6 Å². The predicted molar refractivity (Wildman–Crippen MR) is 174 cm³/mol. The number of phenolic OH excluding ortho intramolecular Hbond substituents is 1. The summed E-state index contributed by atoms with van der Waals surface area (Å²) in [6.45, 7) is 12.2. The zero-order valence-corrected chi connectivity index (χ0v) is 27.6. The van der Waals surface area contributed by atoms with Crippen molar-refractivity contribution in [2.75, 3.05) is 24.5 Å². The molecule has 1 fully saturated rings. The molecule has 9 nitrogen and oxygen atoms in total. The summed E-state index contributed by atoms with van der Waals surface area (Å²) in [6.07, 6.45) is 3.31. The largest absolute Gasteiger partial charge is 0.506 e. The average Bonchev–Trinajstić information content (AvgIpc) is 3.02. The van der Waals surface area contributed by atoms with Gasteiger partial charge in [-0.25, -0.2) is 13.8 Å². The lowest BCUT2D eigenvalue weighted by atomic mass is 9.90. The van der Waals surface area contributed by atoms with Crippen molar-refractivity contribution < 1.29 is 23.8 Å². The Balaban J connectivity index is 1.81. The third kappa shape index (κ3) is 5.37. The molecule has 0 aliphatic carbocycles. The topological polar surface area (TPSA) is 116 Å². The van der Waals surface area contributed by atoms with Crippen LogP contribution in [0.5, 0.6) is 5.75 Å². The van der Waals surface area contributed by atoms with Crippen LogP contribution in [0.25, 0.3) is 17.0 Å². The standard InChI is InChI=1S/C32H31Cl3F2N6O3/c1-6-20(44)42-10-9-41(13-16(42)5)29-17-11-19(33)27(21-22(34)24(36)25(37)23(35)30(21)45)40-31(17)43(32(46)18(29)12-38)28-15(4)7-8-39-26(28)14(2)3/h6-8,11,14,16,26,32,39,45-46H,1,9-10,13H2,2-5H3/t16-,26?,32?/m1/s1. The number of allylic oxidation sites excluding steroid dienone is 2. The molecule has 242 valence electrons. The molecule has 1 amide bonds. The Morgan fingerprint density at radius 3 is 2.52 bits per heavy atom. The van der Waals surface area contributed by atoms with Crippen LogP contribution >= 0.6 is 34.8 Å². The molecule has 46 heavy (non-hydrogen) atoms. The molecule has 2 unspecified atom stereocenters. The van der Waals surface area contributed by atoms with E-state index in [1.54, 1.807) is 11.1 Å². The van der Waals surface area contributed by atoms with Crippen molar-refractivity contribution in [2.24, 2.45) is 5.92 Å². The highest BCUT2D eigenvalue weighted by Gasteiger charge is 2.43. The number of piperazine rings is 1. The average molecular weight is 692 g/mol. The van der Waals surface area contributed by atoms with Gasteiger partial charge in [-0.05, 0) is 49.8 Å². The minimum atomic E-state index is -1.55. The molecule has 0 radical (unpaired) electrons. The van der Waals surface area contributed by atoms with Gasteiger partial charge in [0.25, 0.3) is 0 Å². The van der Waals surface area contributed by atoms with Crippen molar-refractivity contribution >= 4 is 52.2 Å². The van der Waals surface area contributed by atoms with Gasteiger partial charge in [-0.3, -0.25) is 9.69 Å². The molecular formula is C32H31Cl3F2N6O3. The quantitative estimate of drug-likeness (QED) is 0.193. The van der Waals surface area contributed by atoms with Gasteiger partial charge in [-0.15, -0.1) is 0 Å². The highest BCUT2D eigenvalue weighted by atomic mass is 35.5. The van der Waals surface area contributed by atoms with E-state index in [1.165, 1.54) is 17.0 Å². The maximum absolute atomic E-state index is 14.8. The number of aromatic hydroxyl groups is 1. The zero-order chi connectivity index (χ0) is 33.8. The molecule has 5 rings (SSSR count). The molecule has 1 saturated heterocycles.